The van der Waals surface area contributed by atoms with Crippen molar-refractivity contribution in [3.05, 3.63) is 30.1 Å². The highest BCUT2D eigenvalue weighted by molar-refractivity contribution is 5.67. The van der Waals surface area contributed by atoms with Gasteiger partial charge in [-0.25, -0.2) is 4.39 Å². The Morgan fingerprint density at radius 3 is 3.05 bits per heavy atom. The van der Waals surface area contributed by atoms with Gasteiger partial charge in [0.1, 0.15) is 5.82 Å². The van der Waals surface area contributed by atoms with Crippen molar-refractivity contribution in [3.8, 4) is 0 Å². The maximum atomic E-state index is 13.3. The lowest BCUT2D eigenvalue weighted by Crippen LogP contribution is -2.41. The molecule has 1 aliphatic rings. The average Bonchev–Trinajstić information content (AvgIpc) is 2.50. The molecule has 1 heterocycles. The molecule has 104 valence electrons. The molecule has 2 atom stereocenters. The van der Waals surface area contributed by atoms with Crippen molar-refractivity contribution < 1.29 is 14.3 Å². The van der Waals surface area contributed by atoms with Crippen LogP contribution in [-0.2, 0) is 4.79 Å². The molecule has 2 unspecified atom stereocenters. The largest absolute Gasteiger partial charge is 0.481 e. The highest BCUT2D eigenvalue weighted by Gasteiger charge is 2.23. The Kier molecular flexibility index (Phi) is 4.37. The van der Waals surface area contributed by atoms with E-state index in [-0.39, 0.29) is 24.3 Å². The lowest BCUT2D eigenvalue weighted by Gasteiger charge is -2.25. The van der Waals surface area contributed by atoms with Gasteiger partial charge < -0.3 is 15.3 Å². The number of anilines is 1. The van der Waals surface area contributed by atoms with E-state index in [1.54, 1.807) is 6.07 Å². The summed E-state index contributed by atoms with van der Waals surface area (Å²) in [5.74, 6) is -1.08. The van der Waals surface area contributed by atoms with E-state index in [9.17, 15) is 9.18 Å². The number of nitrogens with one attached hydrogen (secondary N) is 1. The lowest BCUT2D eigenvalue weighted by molar-refractivity contribution is -0.137. The summed E-state index contributed by atoms with van der Waals surface area (Å²) in [4.78, 5) is 12.9. The van der Waals surface area contributed by atoms with Crippen LogP contribution < -0.4 is 10.2 Å². The molecule has 2 N–H and O–H groups in total. The van der Waals surface area contributed by atoms with E-state index >= 15 is 0 Å². The van der Waals surface area contributed by atoms with E-state index in [4.69, 9.17) is 5.11 Å². The van der Waals surface area contributed by atoms with Crippen LogP contribution in [0.25, 0.3) is 0 Å². The average molecular weight is 266 g/mol. The molecule has 19 heavy (non-hydrogen) atoms. The van der Waals surface area contributed by atoms with Gasteiger partial charge in [-0.1, -0.05) is 6.07 Å². The summed E-state index contributed by atoms with van der Waals surface area (Å²) < 4.78 is 13.3. The summed E-state index contributed by atoms with van der Waals surface area (Å²) >= 11 is 0. The first-order valence-corrected chi connectivity index (χ1v) is 6.53. The summed E-state index contributed by atoms with van der Waals surface area (Å²) in [6, 6.07) is 6.60. The molecule has 0 radical (unpaired) electrons. The molecule has 0 spiro atoms. The summed E-state index contributed by atoms with van der Waals surface area (Å²) in [5, 5.41) is 12.2. The van der Waals surface area contributed by atoms with Crippen molar-refractivity contribution in [2.24, 2.45) is 0 Å². The zero-order chi connectivity index (χ0) is 13.8. The maximum Gasteiger partial charge on any atom is 0.304 e. The van der Waals surface area contributed by atoms with E-state index in [0.717, 1.165) is 18.7 Å². The maximum absolute atomic E-state index is 13.3. The molecular formula is C14H19FN2O2. The van der Waals surface area contributed by atoms with Crippen molar-refractivity contribution in [3.63, 3.8) is 0 Å². The SMILES string of the molecule is CC1CCN(c2cccc(F)c2)CC(CC(=O)O)N1. The van der Waals surface area contributed by atoms with E-state index in [1.165, 1.54) is 12.1 Å². The molecule has 1 aromatic rings. The van der Waals surface area contributed by atoms with Crippen LogP contribution in [0.5, 0.6) is 0 Å². The van der Waals surface area contributed by atoms with Crippen LogP contribution in [0.15, 0.2) is 24.3 Å². The van der Waals surface area contributed by atoms with Crippen molar-refractivity contribution in [2.45, 2.75) is 31.8 Å². The molecule has 0 bridgehead atoms. The Balaban J connectivity index is 2.13. The number of rotatable bonds is 3. The molecule has 1 fully saturated rings. The third-order valence-corrected chi connectivity index (χ3v) is 3.39. The van der Waals surface area contributed by atoms with Crippen LogP contribution in [0.1, 0.15) is 19.8 Å². The smallest absolute Gasteiger partial charge is 0.304 e. The fourth-order valence-corrected chi connectivity index (χ4v) is 2.49. The molecule has 5 heteroatoms. The van der Waals surface area contributed by atoms with Crippen LogP contribution in [0.4, 0.5) is 10.1 Å². The fraction of sp³-hybridized carbons (Fsp3) is 0.500. The molecule has 1 aliphatic heterocycles. The van der Waals surface area contributed by atoms with Gasteiger partial charge in [-0.05, 0) is 31.5 Å². The van der Waals surface area contributed by atoms with Crippen LogP contribution >= 0.6 is 0 Å². The number of hydrogen-bond donors (Lipinski definition) is 2. The zero-order valence-electron chi connectivity index (χ0n) is 11.0. The van der Waals surface area contributed by atoms with Gasteiger partial charge in [-0.15, -0.1) is 0 Å². The van der Waals surface area contributed by atoms with Crippen LogP contribution in [-0.4, -0.2) is 36.2 Å². The fourth-order valence-electron chi connectivity index (χ4n) is 2.49. The summed E-state index contributed by atoms with van der Waals surface area (Å²) in [5.41, 5.74) is 0.811. The standard InChI is InChI=1S/C14H19FN2O2/c1-10-5-6-17(9-12(16-10)8-14(18)19)13-4-2-3-11(15)7-13/h2-4,7,10,12,16H,5-6,8-9H2,1H3,(H,18,19). The Bertz CT molecular complexity index is 453. The third kappa shape index (κ3) is 3.92. The molecule has 2 rings (SSSR count). The Morgan fingerprint density at radius 1 is 1.58 bits per heavy atom. The number of benzene rings is 1. The predicted octanol–water partition coefficient (Wildman–Crippen LogP) is 1.86. The topological polar surface area (TPSA) is 52.6 Å². The second kappa shape index (κ2) is 6.02. The van der Waals surface area contributed by atoms with Gasteiger partial charge in [-0.2, -0.15) is 0 Å². The number of carboxylic acids is 1. The van der Waals surface area contributed by atoms with Gasteiger partial charge in [0.25, 0.3) is 0 Å². The Hall–Kier alpha value is -1.62. The molecule has 0 saturated carbocycles. The first kappa shape index (κ1) is 13.8. The minimum Gasteiger partial charge on any atom is -0.481 e. The van der Waals surface area contributed by atoms with Gasteiger partial charge >= 0.3 is 5.97 Å². The van der Waals surface area contributed by atoms with Crippen molar-refractivity contribution in [1.82, 2.24) is 5.32 Å². The van der Waals surface area contributed by atoms with E-state index in [2.05, 4.69) is 5.32 Å². The molecule has 0 aromatic heterocycles. The normalized spacial score (nSPS) is 24.0. The Labute approximate surface area is 112 Å². The molecule has 0 aliphatic carbocycles. The minimum atomic E-state index is -0.814. The van der Waals surface area contributed by atoms with Gasteiger partial charge in [-0.3, -0.25) is 4.79 Å². The predicted molar refractivity (Wildman–Crippen MR) is 71.9 cm³/mol. The molecule has 1 saturated heterocycles. The second-order valence-electron chi connectivity index (χ2n) is 5.08. The monoisotopic (exact) mass is 266 g/mol. The highest BCUT2D eigenvalue weighted by Crippen LogP contribution is 2.19. The lowest BCUT2D eigenvalue weighted by atomic mass is 10.1. The second-order valence-corrected chi connectivity index (χ2v) is 5.08. The molecule has 1 aromatic carbocycles. The number of aliphatic carboxylic acids is 1. The molecule has 4 nitrogen and oxygen atoms in total. The summed E-state index contributed by atoms with van der Waals surface area (Å²) in [7, 11) is 0. The zero-order valence-corrected chi connectivity index (χ0v) is 11.0. The first-order chi connectivity index (χ1) is 9.04. The third-order valence-electron chi connectivity index (χ3n) is 3.39. The van der Waals surface area contributed by atoms with Gasteiger partial charge in [0, 0.05) is 30.9 Å². The van der Waals surface area contributed by atoms with Crippen molar-refractivity contribution in [1.29, 1.82) is 0 Å². The van der Waals surface area contributed by atoms with Gasteiger partial charge in [0.05, 0.1) is 6.42 Å². The molecule has 0 amide bonds. The number of hydrogen-bond acceptors (Lipinski definition) is 3. The van der Waals surface area contributed by atoms with E-state index in [0.29, 0.717) is 6.54 Å². The van der Waals surface area contributed by atoms with Crippen molar-refractivity contribution >= 4 is 11.7 Å². The Morgan fingerprint density at radius 2 is 2.37 bits per heavy atom. The van der Waals surface area contributed by atoms with Crippen LogP contribution in [0, 0.1) is 5.82 Å². The summed E-state index contributed by atoms with van der Waals surface area (Å²) in [6.45, 7) is 3.43. The van der Waals surface area contributed by atoms with Gasteiger partial charge in [0.2, 0.25) is 0 Å². The first-order valence-electron chi connectivity index (χ1n) is 6.53. The summed E-state index contributed by atoms with van der Waals surface area (Å²) in [6.07, 6.45) is 0.989. The quantitative estimate of drug-likeness (QED) is 0.876. The van der Waals surface area contributed by atoms with Crippen LogP contribution in [0.2, 0.25) is 0 Å². The number of halogens is 1. The van der Waals surface area contributed by atoms with E-state index in [1.807, 2.05) is 17.9 Å². The number of carboxylic acid groups (broad SMARTS) is 1. The van der Waals surface area contributed by atoms with Crippen LogP contribution in [0.3, 0.4) is 0 Å². The van der Waals surface area contributed by atoms with Crippen molar-refractivity contribution in [2.75, 3.05) is 18.0 Å². The highest BCUT2D eigenvalue weighted by atomic mass is 19.1. The number of carbonyl (C=O) groups is 1. The minimum absolute atomic E-state index is 0.0795. The van der Waals surface area contributed by atoms with Gasteiger partial charge in [0.15, 0.2) is 0 Å². The molecular weight excluding hydrogens is 247 g/mol. The number of nitrogens with zero attached hydrogens (tertiary/aromatic N) is 1. The van der Waals surface area contributed by atoms with E-state index < -0.39 is 5.97 Å².